The van der Waals surface area contributed by atoms with Gasteiger partial charge in [-0.3, -0.25) is 10.1 Å². The van der Waals surface area contributed by atoms with E-state index in [1.165, 1.54) is 0 Å². The molecule has 1 fully saturated rings. The van der Waals surface area contributed by atoms with Crippen molar-refractivity contribution in [1.82, 2.24) is 25.5 Å². The van der Waals surface area contributed by atoms with E-state index in [0.717, 1.165) is 31.2 Å². The van der Waals surface area contributed by atoms with Gasteiger partial charge in [-0.05, 0) is 78.1 Å². The minimum absolute atomic E-state index is 0.0921. The van der Waals surface area contributed by atoms with Crippen LogP contribution in [0.5, 0.6) is 0 Å². The minimum atomic E-state index is -0.346. The van der Waals surface area contributed by atoms with Crippen LogP contribution in [0.1, 0.15) is 62.4 Å². The Morgan fingerprint density at radius 2 is 1.65 bits per heavy atom. The fraction of sp³-hybridized carbons (Fsp3) is 0.423. The zero-order valence-electron chi connectivity index (χ0n) is 21.1. The van der Waals surface area contributed by atoms with E-state index in [1.54, 1.807) is 30.3 Å². The third-order valence-electron chi connectivity index (χ3n) is 6.88. The van der Waals surface area contributed by atoms with Gasteiger partial charge in [0.05, 0.1) is 0 Å². The molecule has 1 aromatic heterocycles. The summed E-state index contributed by atoms with van der Waals surface area (Å²) in [5, 5.41) is 19.6. The molecular formula is C26H31Cl2N7O2. The quantitative estimate of drug-likeness (QED) is 0.332. The number of tetrazole rings is 1. The second kappa shape index (κ2) is 11.5. The number of aromatic amines is 1. The molecule has 4 rings (SSSR count). The summed E-state index contributed by atoms with van der Waals surface area (Å²) in [6.45, 7) is 7.24. The van der Waals surface area contributed by atoms with Gasteiger partial charge in [0, 0.05) is 33.9 Å². The molecule has 0 unspecified atom stereocenters. The smallest absolute Gasteiger partial charge is 0.317 e. The van der Waals surface area contributed by atoms with Gasteiger partial charge in [0.1, 0.15) is 0 Å². The number of carbonyl (C=O) groups excluding carboxylic acids is 2. The Labute approximate surface area is 226 Å². The summed E-state index contributed by atoms with van der Waals surface area (Å²) in [5.74, 6) is 0.377. The molecule has 37 heavy (non-hydrogen) atoms. The SMILES string of the molecule is CC(C)(C)[C@H]1CC[C@H](N(Cc2ccc(C(=O)Nc3nn[nH]n3)cc2)C(=O)Nc2cc(Cl)cc(Cl)c2)CC1. The van der Waals surface area contributed by atoms with Gasteiger partial charge in [0.2, 0.25) is 0 Å². The van der Waals surface area contributed by atoms with Gasteiger partial charge >= 0.3 is 6.03 Å². The van der Waals surface area contributed by atoms with Gasteiger partial charge in [0.25, 0.3) is 11.9 Å². The number of nitrogens with zero attached hydrogens (tertiary/aromatic N) is 4. The van der Waals surface area contributed by atoms with Gasteiger partial charge in [0.15, 0.2) is 0 Å². The Bertz CT molecular complexity index is 1200. The summed E-state index contributed by atoms with van der Waals surface area (Å²) in [4.78, 5) is 27.8. The molecule has 3 N–H and O–H groups in total. The lowest BCUT2D eigenvalue weighted by Gasteiger charge is -2.41. The normalized spacial score (nSPS) is 17.8. The molecule has 2 aromatic carbocycles. The number of rotatable bonds is 6. The van der Waals surface area contributed by atoms with Crippen molar-refractivity contribution >= 4 is 46.8 Å². The maximum atomic E-state index is 13.5. The molecule has 3 aromatic rings. The second-order valence-electron chi connectivity index (χ2n) is 10.5. The van der Waals surface area contributed by atoms with Crippen LogP contribution in [0.25, 0.3) is 0 Å². The number of amides is 3. The number of halogens is 2. The first kappa shape index (κ1) is 26.9. The molecule has 196 valence electrons. The van der Waals surface area contributed by atoms with Crippen LogP contribution in [-0.4, -0.2) is 43.5 Å². The number of urea groups is 1. The first-order chi connectivity index (χ1) is 17.6. The van der Waals surface area contributed by atoms with Gasteiger partial charge in [-0.1, -0.05) is 61.2 Å². The van der Waals surface area contributed by atoms with Crippen LogP contribution < -0.4 is 10.6 Å². The third-order valence-corrected chi connectivity index (χ3v) is 7.31. The Morgan fingerprint density at radius 3 is 2.22 bits per heavy atom. The highest BCUT2D eigenvalue weighted by Gasteiger charge is 2.33. The summed E-state index contributed by atoms with van der Waals surface area (Å²) in [7, 11) is 0. The number of hydrogen-bond donors (Lipinski definition) is 3. The average Bonchev–Trinajstić information content (AvgIpc) is 3.35. The number of carbonyl (C=O) groups is 2. The lowest BCUT2D eigenvalue weighted by molar-refractivity contribution is 0.102. The van der Waals surface area contributed by atoms with E-state index in [1.807, 2.05) is 17.0 Å². The van der Waals surface area contributed by atoms with Crippen molar-refractivity contribution in [3.8, 4) is 0 Å². The van der Waals surface area contributed by atoms with E-state index >= 15 is 0 Å². The van der Waals surface area contributed by atoms with E-state index in [0.29, 0.717) is 33.8 Å². The third kappa shape index (κ3) is 7.20. The summed E-state index contributed by atoms with van der Waals surface area (Å²) < 4.78 is 0. The molecule has 0 radical (unpaired) electrons. The molecule has 1 saturated carbocycles. The molecule has 11 heteroatoms. The van der Waals surface area contributed by atoms with Crippen molar-refractivity contribution in [3.63, 3.8) is 0 Å². The molecule has 9 nitrogen and oxygen atoms in total. The standard InChI is InChI=1S/C26H31Cl2N7O2/c1-26(2,3)18-8-10-22(11-9-18)35(25(37)29-21-13-19(27)12-20(28)14-21)15-16-4-6-17(7-5-16)23(36)30-24-31-33-34-32-24/h4-7,12-14,18,22H,8-11,15H2,1-3H3,(H,29,37)(H2,30,31,32,33,34,36)/t18-,22-. The van der Waals surface area contributed by atoms with Crippen LogP contribution in [0.4, 0.5) is 16.4 Å². The first-order valence-corrected chi connectivity index (χ1v) is 13.0. The number of nitrogens with one attached hydrogen (secondary N) is 3. The first-order valence-electron chi connectivity index (χ1n) is 12.3. The number of benzene rings is 2. The summed E-state index contributed by atoms with van der Waals surface area (Å²) in [6, 6.07) is 12.0. The van der Waals surface area contributed by atoms with E-state index in [-0.39, 0.29) is 29.3 Å². The van der Waals surface area contributed by atoms with Crippen molar-refractivity contribution < 1.29 is 9.59 Å². The molecule has 0 spiro atoms. The fourth-order valence-corrected chi connectivity index (χ4v) is 5.31. The monoisotopic (exact) mass is 543 g/mol. The fourth-order valence-electron chi connectivity index (χ4n) is 4.79. The molecule has 0 aliphatic heterocycles. The zero-order valence-corrected chi connectivity index (χ0v) is 22.6. The number of anilines is 2. The van der Waals surface area contributed by atoms with Crippen molar-refractivity contribution in [2.24, 2.45) is 11.3 Å². The summed E-state index contributed by atoms with van der Waals surface area (Å²) >= 11 is 12.3. The van der Waals surface area contributed by atoms with Gasteiger partial charge in [-0.2, -0.15) is 5.21 Å². The van der Waals surface area contributed by atoms with E-state index in [9.17, 15) is 9.59 Å². The summed E-state index contributed by atoms with van der Waals surface area (Å²) in [6.07, 6.45) is 3.99. The molecule has 1 aliphatic rings. The maximum Gasteiger partial charge on any atom is 0.322 e. The number of hydrogen-bond acceptors (Lipinski definition) is 5. The Balaban J connectivity index is 1.49. The highest BCUT2D eigenvalue weighted by molar-refractivity contribution is 6.35. The molecule has 0 saturated heterocycles. The Hall–Kier alpha value is -3.17. The van der Waals surface area contributed by atoms with Crippen molar-refractivity contribution in [3.05, 3.63) is 63.6 Å². The van der Waals surface area contributed by atoms with E-state index in [4.69, 9.17) is 23.2 Å². The molecule has 1 aliphatic carbocycles. The molecule has 3 amide bonds. The highest BCUT2D eigenvalue weighted by Crippen LogP contribution is 2.39. The predicted molar refractivity (Wildman–Crippen MR) is 145 cm³/mol. The predicted octanol–water partition coefficient (Wildman–Crippen LogP) is 6.40. The van der Waals surface area contributed by atoms with Crippen LogP contribution in [0.15, 0.2) is 42.5 Å². The Kier molecular flexibility index (Phi) is 8.34. The van der Waals surface area contributed by atoms with Crippen molar-refractivity contribution in [1.29, 1.82) is 0 Å². The van der Waals surface area contributed by atoms with Crippen LogP contribution in [0, 0.1) is 11.3 Å². The largest absolute Gasteiger partial charge is 0.322 e. The van der Waals surface area contributed by atoms with Crippen molar-refractivity contribution in [2.45, 2.75) is 59.0 Å². The van der Waals surface area contributed by atoms with Crippen molar-refractivity contribution in [2.75, 3.05) is 10.6 Å². The summed E-state index contributed by atoms with van der Waals surface area (Å²) in [5.41, 5.74) is 2.15. The lowest BCUT2D eigenvalue weighted by Crippen LogP contribution is -2.45. The molecule has 0 bridgehead atoms. The number of H-pyrrole nitrogens is 1. The number of aromatic nitrogens is 4. The molecular weight excluding hydrogens is 513 g/mol. The van der Waals surface area contributed by atoms with Crippen LogP contribution in [0.2, 0.25) is 10.0 Å². The van der Waals surface area contributed by atoms with Gasteiger partial charge < -0.3 is 10.2 Å². The molecule has 0 atom stereocenters. The van der Waals surface area contributed by atoms with Gasteiger partial charge in [-0.15, -0.1) is 5.10 Å². The van der Waals surface area contributed by atoms with Gasteiger partial charge in [-0.25, -0.2) is 4.79 Å². The van der Waals surface area contributed by atoms with E-state index in [2.05, 4.69) is 52.0 Å². The molecule has 1 heterocycles. The average molecular weight is 544 g/mol. The zero-order chi connectivity index (χ0) is 26.6. The van der Waals surface area contributed by atoms with Crippen LogP contribution in [0.3, 0.4) is 0 Å². The Morgan fingerprint density at radius 1 is 1.00 bits per heavy atom. The van der Waals surface area contributed by atoms with E-state index < -0.39 is 0 Å². The second-order valence-corrected chi connectivity index (χ2v) is 11.3. The van der Waals surface area contributed by atoms with Crippen LogP contribution in [-0.2, 0) is 6.54 Å². The highest BCUT2D eigenvalue weighted by atomic mass is 35.5. The maximum absolute atomic E-state index is 13.5. The van der Waals surface area contributed by atoms with Crippen LogP contribution >= 0.6 is 23.2 Å². The lowest BCUT2D eigenvalue weighted by atomic mass is 9.71. The minimum Gasteiger partial charge on any atom is -0.317 e. The topological polar surface area (TPSA) is 116 Å².